The van der Waals surface area contributed by atoms with Gasteiger partial charge in [-0.25, -0.2) is 9.59 Å². The van der Waals surface area contributed by atoms with Crippen LogP contribution in [-0.2, 0) is 9.53 Å². The van der Waals surface area contributed by atoms with E-state index < -0.39 is 11.5 Å². The molecule has 2 fully saturated rings. The molecule has 2 saturated heterocycles. The van der Waals surface area contributed by atoms with Gasteiger partial charge in [-0.1, -0.05) is 0 Å². The third kappa shape index (κ3) is 2.90. The molecule has 0 unspecified atom stereocenters. The molecule has 0 radical (unpaired) electrons. The quantitative estimate of drug-likeness (QED) is 0.807. The summed E-state index contributed by atoms with van der Waals surface area (Å²) in [5.41, 5.74) is -1.17. The van der Waals surface area contributed by atoms with Crippen LogP contribution in [0.4, 0.5) is 4.79 Å². The van der Waals surface area contributed by atoms with Crippen molar-refractivity contribution in [2.24, 2.45) is 0 Å². The minimum atomic E-state index is -1.17. The van der Waals surface area contributed by atoms with Crippen LogP contribution in [0.25, 0.3) is 0 Å². The van der Waals surface area contributed by atoms with E-state index in [-0.39, 0.29) is 18.1 Å². The van der Waals surface area contributed by atoms with Crippen LogP contribution in [0, 0.1) is 0 Å². The molecule has 2 atom stereocenters. The second-order valence-corrected chi connectivity index (χ2v) is 5.97. The Balaban J connectivity index is 2.09. The van der Waals surface area contributed by atoms with E-state index in [1.54, 1.807) is 4.90 Å². The fourth-order valence-electron chi connectivity index (χ4n) is 3.20. The molecule has 6 heteroatoms. The normalized spacial score (nSPS) is 29.8. The molecule has 0 aromatic heterocycles. The third-order valence-corrected chi connectivity index (χ3v) is 4.53. The Kier molecular flexibility index (Phi) is 4.52. The summed E-state index contributed by atoms with van der Waals surface area (Å²) in [6.07, 6.45) is 3.71. The molecule has 6 nitrogen and oxygen atoms in total. The van der Waals surface area contributed by atoms with Gasteiger partial charge in [0.05, 0.1) is 0 Å². The van der Waals surface area contributed by atoms with Crippen LogP contribution < -0.4 is 5.32 Å². The number of carboxylic acids is 1. The zero-order valence-corrected chi connectivity index (χ0v) is 12.2. The maximum absolute atomic E-state index is 12.5. The number of ether oxygens (including phenoxy) is 1. The first-order chi connectivity index (χ1) is 9.46. The lowest BCUT2D eigenvalue weighted by Crippen LogP contribution is -2.62. The van der Waals surface area contributed by atoms with Gasteiger partial charge in [0, 0.05) is 38.1 Å². The van der Waals surface area contributed by atoms with Crippen molar-refractivity contribution in [3.05, 3.63) is 0 Å². The van der Waals surface area contributed by atoms with Gasteiger partial charge < -0.3 is 20.1 Å². The van der Waals surface area contributed by atoms with Crippen molar-refractivity contribution in [2.45, 2.75) is 63.6 Å². The minimum absolute atomic E-state index is 0.157. The van der Waals surface area contributed by atoms with Crippen molar-refractivity contribution in [1.29, 1.82) is 0 Å². The second-order valence-electron chi connectivity index (χ2n) is 5.97. The first-order valence-corrected chi connectivity index (χ1v) is 7.38. The zero-order valence-electron chi connectivity index (χ0n) is 12.2. The van der Waals surface area contributed by atoms with Crippen molar-refractivity contribution in [3.63, 3.8) is 0 Å². The van der Waals surface area contributed by atoms with Crippen molar-refractivity contribution in [2.75, 3.05) is 13.2 Å². The third-order valence-electron chi connectivity index (χ3n) is 4.53. The molecule has 2 rings (SSSR count). The van der Waals surface area contributed by atoms with Gasteiger partial charge >= 0.3 is 12.0 Å². The Bertz CT molecular complexity index is 369. The molecule has 2 heterocycles. The topological polar surface area (TPSA) is 78.9 Å². The average Bonchev–Trinajstić information content (AvgIpc) is 2.39. The molecule has 114 valence electrons. The van der Waals surface area contributed by atoms with Crippen LogP contribution in [0.1, 0.15) is 46.0 Å². The second kappa shape index (κ2) is 5.99. The highest BCUT2D eigenvalue weighted by Gasteiger charge is 2.43. The number of nitrogens with zero attached hydrogens (tertiary/aromatic N) is 1. The highest BCUT2D eigenvalue weighted by molar-refractivity contribution is 5.86. The minimum Gasteiger partial charge on any atom is -0.480 e. The van der Waals surface area contributed by atoms with Gasteiger partial charge in [-0.05, 0) is 33.1 Å². The number of urea groups is 1. The summed E-state index contributed by atoms with van der Waals surface area (Å²) in [6.45, 7) is 4.79. The van der Waals surface area contributed by atoms with E-state index in [1.807, 2.05) is 13.8 Å². The van der Waals surface area contributed by atoms with Gasteiger partial charge in [0.1, 0.15) is 5.54 Å². The Morgan fingerprint density at radius 1 is 1.20 bits per heavy atom. The molecule has 0 aromatic carbocycles. The predicted molar refractivity (Wildman–Crippen MR) is 73.6 cm³/mol. The Morgan fingerprint density at radius 2 is 1.75 bits per heavy atom. The first-order valence-electron chi connectivity index (χ1n) is 7.38. The average molecular weight is 284 g/mol. The Morgan fingerprint density at radius 3 is 2.25 bits per heavy atom. The van der Waals surface area contributed by atoms with Crippen molar-refractivity contribution in [3.8, 4) is 0 Å². The Hall–Kier alpha value is -1.30. The lowest BCUT2D eigenvalue weighted by Gasteiger charge is -2.42. The van der Waals surface area contributed by atoms with Crippen molar-refractivity contribution >= 4 is 12.0 Å². The fraction of sp³-hybridized carbons (Fsp3) is 0.857. The van der Waals surface area contributed by atoms with Gasteiger partial charge in [-0.15, -0.1) is 0 Å². The molecule has 0 aliphatic carbocycles. The van der Waals surface area contributed by atoms with Crippen LogP contribution in [0.15, 0.2) is 0 Å². The van der Waals surface area contributed by atoms with Gasteiger partial charge in [-0.2, -0.15) is 0 Å². The number of amides is 2. The van der Waals surface area contributed by atoms with E-state index >= 15 is 0 Å². The summed E-state index contributed by atoms with van der Waals surface area (Å²) in [5.74, 6) is -0.966. The zero-order chi connectivity index (χ0) is 14.8. The number of carbonyl (C=O) groups excluding carboxylic acids is 1. The van der Waals surface area contributed by atoms with Gasteiger partial charge in [0.25, 0.3) is 0 Å². The number of rotatable bonds is 2. The molecule has 0 aromatic rings. The fourth-order valence-corrected chi connectivity index (χ4v) is 3.20. The first kappa shape index (κ1) is 15.1. The number of aliphatic carboxylic acids is 1. The maximum atomic E-state index is 12.5. The molecule has 2 aliphatic heterocycles. The van der Waals surface area contributed by atoms with E-state index in [4.69, 9.17) is 4.74 Å². The number of carboxylic acid groups (broad SMARTS) is 1. The number of hydrogen-bond donors (Lipinski definition) is 2. The molecule has 2 amide bonds. The summed E-state index contributed by atoms with van der Waals surface area (Å²) < 4.78 is 5.22. The van der Waals surface area contributed by atoms with Crippen LogP contribution in [0.3, 0.4) is 0 Å². The van der Waals surface area contributed by atoms with Crippen LogP contribution in [0.2, 0.25) is 0 Å². The number of hydrogen-bond acceptors (Lipinski definition) is 3. The summed E-state index contributed by atoms with van der Waals surface area (Å²) >= 11 is 0. The Labute approximate surface area is 119 Å². The monoisotopic (exact) mass is 284 g/mol. The van der Waals surface area contributed by atoms with E-state index in [1.165, 1.54) is 0 Å². The van der Waals surface area contributed by atoms with Crippen molar-refractivity contribution < 1.29 is 19.4 Å². The molecule has 20 heavy (non-hydrogen) atoms. The highest BCUT2D eigenvalue weighted by atomic mass is 16.5. The SMILES string of the molecule is C[C@@H]1CCC[C@H](C)N1C(=O)NC1(C(=O)O)CCOCC1. The van der Waals surface area contributed by atoms with Crippen LogP contribution in [-0.4, -0.2) is 52.8 Å². The lowest BCUT2D eigenvalue weighted by atomic mass is 9.90. The number of nitrogens with one attached hydrogen (secondary N) is 1. The number of likely N-dealkylation sites (tertiary alicyclic amines) is 1. The molecule has 2 aliphatic rings. The van der Waals surface area contributed by atoms with Gasteiger partial charge in [0.2, 0.25) is 0 Å². The summed E-state index contributed by atoms with van der Waals surface area (Å²) in [4.78, 5) is 25.9. The van der Waals surface area contributed by atoms with Gasteiger partial charge in [-0.3, -0.25) is 0 Å². The molecule has 0 saturated carbocycles. The predicted octanol–water partition coefficient (Wildman–Crippen LogP) is 1.59. The van der Waals surface area contributed by atoms with E-state index in [0.29, 0.717) is 26.1 Å². The molecule has 0 spiro atoms. The summed E-state index contributed by atoms with van der Waals surface area (Å²) in [5, 5.41) is 12.2. The number of piperidine rings is 1. The van der Waals surface area contributed by atoms with E-state index in [2.05, 4.69) is 5.32 Å². The van der Waals surface area contributed by atoms with E-state index in [9.17, 15) is 14.7 Å². The van der Waals surface area contributed by atoms with Crippen molar-refractivity contribution in [1.82, 2.24) is 10.2 Å². The largest absolute Gasteiger partial charge is 0.480 e. The van der Waals surface area contributed by atoms with Crippen LogP contribution in [0.5, 0.6) is 0 Å². The highest BCUT2D eigenvalue weighted by Crippen LogP contribution is 2.25. The standard InChI is InChI=1S/C14H24N2O4/c1-10-4-3-5-11(2)16(10)13(19)15-14(12(17)18)6-8-20-9-7-14/h10-11H,3-9H2,1-2H3,(H,15,19)(H,17,18)/t10-,11+. The molecule has 0 bridgehead atoms. The maximum Gasteiger partial charge on any atom is 0.329 e. The number of carbonyl (C=O) groups is 2. The van der Waals surface area contributed by atoms with Crippen LogP contribution >= 0.6 is 0 Å². The molecular weight excluding hydrogens is 260 g/mol. The lowest BCUT2D eigenvalue weighted by molar-refractivity contribution is -0.148. The van der Waals surface area contributed by atoms with E-state index in [0.717, 1.165) is 19.3 Å². The summed E-state index contributed by atoms with van der Waals surface area (Å²) in [6, 6.07) is 0.0582. The summed E-state index contributed by atoms with van der Waals surface area (Å²) in [7, 11) is 0. The molecular formula is C14H24N2O4. The van der Waals surface area contributed by atoms with Gasteiger partial charge in [0.15, 0.2) is 0 Å². The smallest absolute Gasteiger partial charge is 0.329 e. The molecule has 2 N–H and O–H groups in total.